The van der Waals surface area contributed by atoms with Crippen LogP contribution in [0.2, 0.25) is 0 Å². The molecule has 0 unspecified atom stereocenters. The number of rotatable bonds is 4. The third kappa shape index (κ3) is 3.21. The van der Waals surface area contributed by atoms with Gasteiger partial charge in [-0.25, -0.2) is 0 Å². The fourth-order valence-electron chi connectivity index (χ4n) is 1.48. The summed E-state index contributed by atoms with van der Waals surface area (Å²) < 4.78 is 36.9. The number of likely N-dealkylation sites (N-methyl/N-ethyl adjacent to an activating group) is 1. The van der Waals surface area contributed by atoms with E-state index in [1.807, 2.05) is 0 Å². The maximum absolute atomic E-state index is 12.3. The van der Waals surface area contributed by atoms with Crippen molar-refractivity contribution in [1.82, 2.24) is 5.32 Å². The van der Waals surface area contributed by atoms with Crippen LogP contribution in [0.15, 0.2) is 24.3 Å². The molecule has 2 atom stereocenters. The highest BCUT2D eigenvalue weighted by atomic mass is 19.4. The van der Waals surface area contributed by atoms with Gasteiger partial charge < -0.3 is 15.5 Å². The maximum Gasteiger partial charge on any atom is 0.416 e. The molecule has 0 amide bonds. The van der Waals surface area contributed by atoms with E-state index < -0.39 is 29.9 Å². The Morgan fingerprint density at radius 2 is 1.78 bits per heavy atom. The van der Waals surface area contributed by atoms with E-state index in [0.717, 1.165) is 24.3 Å². The van der Waals surface area contributed by atoms with Crippen LogP contribution in [0.5, 0.6) is 0 Å². The summed E-state index contributed by atoms with van der Waals surface area (Å²) in [6.07, 6.45) is -5.88. The lowest BCUT2D eigenvalue weighted by atomic mass is 10.0. The topological polar surface area (TPSA) is 69.6 Å². The van der Waals surface area contributed by atoms with E-state index >= 15 is 0 Å². The Hall–Kier alpha value is -1.60. The first kappa shape index (κ1) is 14.5. The minimum Gasteiger partial charge on any atom is -0.480 e. The monoisotopic (exact) mass is 263 g/mol. The minimum absolute atomic E-state index is 0.102. The third-order valence-electron chi connectivity index (χ3n) is 2.47. The van der Waals surface area contributed by atoms with Gasteiger partial charge in [-0.3, -0.25) is 4.79 Å². The summed E-state index contributed by atoms with van der Waals surface area (Å²) in [5.74, 6) is -1.29. The van der Waals surface area contributed by atoms with Crippen molar-refractivity contribution in [2.45, 2.75) is 18.3 Å². The number of carboxylic acid groups (broad SMARTS) is 1. The summed E-state index contributed by atoms with van der Waals surface area (Å²) in [6, 6.07) is 2.43. The van der Waals surface area contributed by atoms with Crippen LogP contribution in [0, 0.1) is 0 Å². The predicted molar refractivity (Wildman–Crippen MR) is 56.9 cm³/mol. The van der Waals surface area contributed by atoms with Gasteiger partial charge in [-0.15, -0.1) is 0 Å². The molecule has 0 aromatic heterocycles. The number of hydrogen-bond acceptors (Lipinski definition) is 3. The van der Waals surface area contributed by atoms with Crippen LogP contribution in [0.4, 0.5) is 13.2 Å². The fourth-order valence-corrected chi connectivity index (χ4v) is 1.48. The van der Waals surface area contributed by atoms with Crippen LogP contribution in [0.25, 0.3) is 0 Å². The highest BCUT2D eigenvalue weighted by molar-refractivity contribution is 5.74. The van der Waals surface area contributed by atoms with Crippen LogP contribution < -0.4 is 5.32 Å². The second kappa shape index (κ2) is 5.36. The Bertz CT molecular complexity index is 417. The molecular formula is C11H12F3NO3. The van der Waals surface area contributed by atoms with Gasteiger partial charge in [0.25, 0.3) is 0 Å². The maximum atomic E-state index is 12.3. The van der Waals surface area contributed by atoms with E-state index in [2.05, 4.69) is 5.32 Å². The van der Waals surface area contributed by atoms with Gasteiger partial charge in [-0.1, -0.05) is 12.1 Å². The molecule has 0 aliphatic carbocycles. The Morgan fingerprint density at radius 1 is 1.28 bits per heavy atom. The minimum atomic E-state index is -4.46. The Kier molecular flexibility index (Phi) is 4.31. The molecule has 4 nitrogen and oxygen atoms in total. The Balaban J connectivity index is 2.94. The highest BCUT2D eigenvalue weighted by Crippen LogP contribution is 2.30. The van der Waals surface area contributed by atoms with Gasteiger partial charge in [-0.05, 0) is 24.7 Å². The van der Waals surface area contributed by atoms with Crippen molar-refractivity contribution in [3.63, 3.8) is 0 Å². The van der Waals surface area contributed by atoms with Crippen molar-refractivity contribution < 1.29 is 28.2 Å². The average molecular weight is 263 g/mol. The number of alkyl halides is 3. The van der Waals surface area contributed by atoms with Crippen molar-refractivity contribution in [1.29, 1.82) is 0 Å². The third-order valence-corrected chi connectivity index (χ3v) is 2.47. The zero-order valence-electron chi connectivity index (χ0n) is 9.40. The standard InChI is InChI=1S/C11H12F3NO3/c1-15-8(10(17)18)9(16)6-2-4-7(5-3-6)11(12,13)14/h2-5,8-9,15-16H,1H3,(H,17,18)/t8-,9+/m0/s1. The number of carbonyl (C=O) groups is 1. The molecular weight excluding hydrogens is 251 g/mol. The van der Waals surface area contributed by atoms with Crippen molar-refractivity contribution in [3.8, 4) is 0 Å². The van der Waals surface area contributed by atoms with E-state index in [-0.39, 0.29) is 5.56 Å². The van der Waals surface area contributed by atoms with Gasteiger partial charge in [0.15, 0.2) is 0 Å². The Labute approximate surface area is 101 Å². The van der Waals surface area contributed by atoms with Crippen LogP contribution in [0.1, 0.15) is 17.2 Å². The molecule has 3 N–H and O–H groups in total. The molecule has 100 valence electrons. The van der Waals surface area contributed by atoms with Crippen molar-refractivity contribution in [2.75, 3.05) is 7.05 Å². The zero-order chi connectivity index (χ0) is 13.9. The quantitative estimate of drug-likeness (QED) is 0.768. The molecule has 1 aromatic rings. The average Bonchev–Trinajstić information content (AvgIpc) is 2.28. The number of aliphatic carboxylic acids is 1. The van der Waals surface area contributed by atoms with Gasteiger partial charge in [0, 0.05) is 0 Å². The van der Waals surface area contributed by atoms with Crippen LogP contribution in [-0.2, 0) is 11.0 Å². The summed E-state index contributed by atoms with van der Waals surface area (Å²) in [5.41, 5.74) is -0.750. The summed E-state index contributed by atoms with van der Waals surface area (Å²) in [7, 11) is 1.34. The largest absolute Gasteiger partial charge is 0.480 e. The number of nitrogens with one attached hydrogen (secondary N) is 1. The van der Waals surface area contributed by atoms with E-state index in [9.17, 15) is 23.1 Å². The molecule has 0 aliphatic heterocycles. The molecule has 0 radical (unpaired) electrons. The summed E-state index contributed by atoms with van der Waals surface area (Å²) in [5, 5.41) is 20.9. The lowest BCUT2D eigenvalue weighted by Crippen LogP contribution is -2.39. The molecule has 18 heavy (non-hydrogen) atoms. The van der Waals surface area contributed by atoms with Crippen LogP contribution in [0.3, 0.4) is 0 Å². The fraction of sp³-hybridized carbons (Fsp3) is 0.364. The number of hydrogen-bond donors (Lipinski definition) is 3. The Morgan fingerprint density at radius 3 is 2.11 bits per heavy atom. The number of aliphatic hydroxyl groups is 1. The van der Waals surface area contributed by atoms with E-state index in [1.165, 1.54) is 7.05 Å². The second-order valence-corrected chi connectivity index (χ2v) is 3.67. The van der Waals surface area contributed by atoms with Crippen molar-refractivity contribution in [3.05, 3.63) is 35.4 Å². The number of halogens is 3. The lowest BCUT2D eigenvalue weighted by Gasteiger charge is -2.19. The van der Waals surface area contributed by atoms with Gasteiger partial charge in [0.1, 0.15) is 12.1 Å². The van der Waals surface area contributed by atoms with Gasteiger partial charge in [0.2, 0.25) is 0 Å². The smallest absolute Gasteiger partial charge is 0.416 e. The van der Waals surface area contributed by atoms with Crippen molar-refractivity contribution in [2.24, 2.45) is 0 Å². The second-order valence-electron chi connectivity index (χ2n) is 3.67. The molecule has 0 bridgehead atoms. The molecule has 7 heteroatoms. The highest BCUT2D eigenvalue weighted by Gasteiger charge is 2.31. The van der Waals surface area contributed by atoms with Gasteiger partial charge in [0.05, 0.1) is 5.56 Å². The normalized spacial score (nSPS) is 15.2. The first-order valence-corrected chi connectivity index (χ1v) is 5.02. The van der Waals surface area contributed by atoms with Gasteiger partial charge in [-0.2, -0.15) is 13.2 Å². The molecule has 0 saturated heterocycles. The van der Waals surface area contributed by atoms with E-state index in [4.69, 9.17) is 5.11 Å². The van der Waals surface area contributed by atoms with Crippen LogP contribution in [-0.4, -0.2) is 29.3 Å². The SMILES string of the molecule is CN[C@H](C(=O)O)[C@H](O)c1ccc(C(F)(F)F)cc1. The lowest BCUT2D eigenvalue weighted by molar-refractivity contribution is -0.142. The molecule has 0 spiro atoms. The summed E-state index contributed by atoms with van der Waals surface area (Å²) in [6.45, 7) is 0. The predicted octanol–water partition coefficient (Wildman–Crippen LogP) is 1.41. The number of benzene rings is 1. The first-order chi connectivity index (χ1) is 8.27. The zero-order valence-corrected chi connectivity index (χ0v) is 9.40. The summed E-state index contributed by atoms with van der Waals surface area (Å²) in [4.78, 5) is 10.8. The summed E-state index contributed by atoms with van der Waals surface area (Å²) >= 11 is 0. The molecule has 0 heterocycles. The molecule has 0 aliphatic rings. The van der Waals surface area contributed by atoms with E-state index in [0.29, 0.717) is 0 Å². The number of carboxylic acids is 1. The van der Waals surface area contributed by atoms with Crippen LogP contribution >= 0.6 is 0 Å². The molecule has 0 fully saturated rings. The van der Waals surface area contributed by atoms with E-state index in [1.54, 1.807) is 0 Å². The number of aliphatic hydroxyl groups excluding tert-OH is 1. The first-order valence-electron chi connectivity index (χ1n) is 5.02. The van der Waals surface area contributed by atoms with Crippen molar-refractivity contribution >= 4 is 5.97 Å². The molecule has 1 rings (SSSR count). The molecule has 0 saturated carbocycles. The molecule has 1 aromatic carbocycles. The van der Waals surface area contributed by atoms with Gasteiger partial charge >= 0.3 is 12.1 Å².